The average molecular weight is 682 g/mol. The number of halogens is 3. The van der Waals surface area contributed by atoms with Crippen LogP contribution in [0.15, 0.2) is 34.3 Å². The number of likely N-dealkylation sites (tertiary alicyclic amines) is 1. The van der Waals surface area contributed by atoms with E-state index in [4.69, 9.17) is 23.2 Å². The zero-order valence-corrected chi connectivity index (χ0v) is 26.8. The Morgan fingerprint density at radius 1 is 0.921 bits per heavy atom. The van der Waals surface area contributed by atoms with E-state index < -0.39 is 11.9 Å². The Bertz CT molecular complexity index is 1340. The van der Waals surface area contributed by atoms with E-state index in [2.05, 4.69) is 42.0 Å². The van der Waals surface area contributed by atoms with Gasteiger partial charge in [-0.25, -0.2) is 9.59 Å². The minimum Gasteiger partial charge on any atom is -1.00 e. The summed E-state index contributed by atoms with van der Waals surface area (Å²) in [6.07, 6.45) is 2.53. The van der Waals surface area contributed by atoms with Crippen LogP contribution in [0.1, 0.15) is 57.2 Å². The number of aliphatic imine (C=N–C) groups is 2. The molecule has 0 radical (unpaired) electrons. The third-order valence-corrected chi connectivity index (χ3v) is 7.18. The Balaban J connectivity index is 0.000000297. The van der Waals surface area contributed by atoms with Gasteiger partial charge in [-0.1, -0.05) is 23.2 Å². The van der Waals surface area contributed by atoms with Crippen LogP contribution in [0.25, 0.3) is 0 Å². The zero-order valence-electron chi connectivity index (χ0n) is 22.1. The van der Waals surface area contributed by atoms with Crippen molar-refractivity contribution in [3.05, 3.63) is 67.7 Å². The summed E-state index contributed by atoms with van der Waals surface area (Å²) >= 11 is 14.0. The molecule has 0 spiro atoms. The Labute approximate surface area is 266 Å². The number of nitrogens with zero attached hydrogens (tertiary/aromatic N) is 3. The van der Waals surface area contributed by atoms with E-state index in [0.29, 0.717) is 47.1 Å². The molecular formula is C25H23Cl2IN3NaO6. The predicted octanol–water partition coefficient (Wildman–Crippen LogP) is 1.76. The van der Waals surface area contributed by atoms with Gasteiger partial charge >= 0.3 is 41.5 Å². The number of hydrogen-bond donors (Lipinski definition) is 0. The number of fused-ring (bicyclic) bond motifs is 2. The number of imide groups is 1. The second-order valence-electron chi connectivity index (χ2n) is 7.93. The van der Waals surface area contributed by atoms with Crippen molar-refractivity contribution in [2.45, 2.75) is 25.9 Å². The van der Waals surface area contributed by atoms with Crippen LogP contribution in [0, 0.1) is 0 Å². The summed E-state index contributed by atoms with van der Waals surface area (Å²) in [6, 6.07) is 6.98. The number of amides is 2. The van der Waals surface area contributed by atoms with Crippen LogP contribution in [0.4, 0.5) is 0 Å². The number of rotatable bonds is 2. The Morgan fingerprint density at radius 2 is 1.45 bits per heavy atom. The van der Waals surface area contributed by atoms with Crippen molar-refractivity contribution in [1.82, 2.24) is 4.90 Å². The van der Waals surface area contributed by atoms with Gasteiger partial charge in [-0.15, -0.1) is 0 Å². The fourth-order valence-electron chi connectivity index (χ4n) is 3.53. The summed E-state index contributed by atoms with van der Waals surface area (Å²) < 4.78 is 10.2. The molecule has 13 heteroatoms. The van der Waals surface area contributed by atoms with Gasteiger partial charge in [0.1, 0.15) is 3.72 Å². The second kappa shape index (κ2) is 14.5. The normalized spacial score (nSPS) is 14.3. The molecule has 2 aromatic rings. The molecule has 0 unspecified atom stereocenters. The minimum absolute atomic E-state index is 0. The van der Waals surface area contributed by atoms with Crippen LogP contribution in [0.3, 0.4) is 0 Å². The quantitative estimate of drug-likeness (QED) is 0.207. The molecule has 3 aliphatic rings. The number of esters is 2. The third kappa shape index (κ3) is 7.64. The van der Waals surface area contributed by atoms with Gasteiger partial charge in [-0.05, 0) is 63.5 Å². The van der Waals surface area contributed by atoms with Gasteiger partial charge < -0.3 is 10.9 Å². The molecule has 196 valence electrons. The number of ether oxygens (including phenoxy) is 2. The average Bonchev–Trinajstić information content (AvgIpc) is 3.58. The molecule has 0 aromatic heterocycles. The first-order valence-corrected chi connectivity index (χ1v) is 12.7. The summed E-state index contributed by atoms with van der Waals surface area (Å²) in [5.74, 6) is -0.956. The maximum Gasteiger partial charge on any atom is 1.00 e. The first-order chi connectivity index (χ1) is 17.6. The number of methoxy groups -OCH3 is 2. The number of carbonyl (C=O) groups excluding carboxylic acids is 4. The van der Waals surface area contributed by atoms with E-state index in [1.54, 1.807) is 30.5 Å². The fourth-order valence-corrected chi connectivity index (χ4v) is 4.73. The molecule has 0 bridgehead atoms. The van der Waals surface area contributed by atoms with E-state index in [0.717, 1.165) is 26.0 Å². The van der Waals surface area contributed by atoms with Gasteiger partial charge in [-0.3, -0.25) is 24.5 Å². The standard InChI is InChI=1S/C10H7ClINO2.C10H8ClNO2.C5H7NO2.Na.H/c1-15-10(14)7-3-6-5(2-8(7)11)4-13-9(6)12;1-14-10(13)8-2-6-4-12-5-7(6)3-9(8)11;1-6-4(7)2-3-5(6)8;;/h2-3H,4H2,1H3;2-4H,5H2,1H3;2-3H2,1H3;;/q;;;+1;-1. The molecule has 3 heterocycles. The van der Waals surface area contributed by atoms with Crippen molar-refractivity contribution >= 4 is 79.5 Å². The molecule has 5 rings (SSSR count). The van der Waals surface area contributed by atoms with Gasteiger partial charge in [0.25, 0.3) is 0 Å². The van der Waals surface area contributed by atoms with E-state index in [1.807, 2.05) is 0 Å². The van der Waals surface area contributed by atoms with E-state index in [9.17, 15) is 19.2 Å². The number of benzene rings is 2. The summed E-state index contributed by atoms with van der Waals surface area (Å²) in [5.41, 5.74) is 4.79. The van der Waals surface area contributed by atoms with E-state index in [-0.39, 0.29) is 42.8 Å². The van der Waals surface area contributed by atoms with Crippen LogP contribution >= 0.6 is 45.8 Å². The van der Waals surface area contributed by atoms with E-state index in [1.165, 1.54) is 26.2 Å². The third-order valence-electron chi connectivity index (χ3n) is 5.64. The van der Waals surface area contributed by atoms with Crippen LogP contribution in [0.5, 0.6) is 0 Å². The molecule has 38 heavy (non-hydrogen) atoms. The molecule has 9 nitrogen and oxygen atoms in total. The smallest absolute Gasteiger partial charge is 1.00 e. The van der Waals surface area contributed by atoms with Crippen LogP contribution in [0.2, 0.25) is 10.0 Å². The number of carbonyl (C=O) groups is 4. The Morgan fingerprint density at radius 3 is 1.95 bits per heavy atom. The van der Waals surface area contributed by atoms with Crippen molar-refractivity contribution in [3.8, 4) is 0 Å². The fraction of sp³-hybridized carbons (Fsp3) is 0.280. The molecule has 1 saturated heterocycles. The minimum atomic E-state index is -0.418. The monoisotopic (exact) mass is 681 g/mol. The summed E-state index contributed by atoms with van der Waals surface area (Å²) in [4.78, 5) is 53.2. The van der Waals surface area contributed by atoms with Crippen molar-refractivity contribution < 1.29 is 59.6 Å². The second-order valence-corrected chi connectivity index (χ2v) is 9.76. The maximum atomic E-state index is 11.4. The van der Waals surface area contributed by atoms with Crippen molar-refractivity contribution in [2.24, 2.45) is 9.98 Å². The van der Waals surface area contributed by atoms with Crippen molar-refractivity contribution in [2.75, 3.05) is 21.3 Å². The van der Waals surface area contributed by atoms with E-state index >= 15 is 0 Å². The van der Waals surface area contributed by atoms with Gasteiger partial charge in [-0.2, -0.15) is 0 Å². The van der Waals surface area contributed by atoms with Gasteiger partial charge in [0.15, 0.2) is 0 Å². The SMILES string of the molecule is CN1C(=O)CCC1=O.COC(=O)c1cc2c(cc1Cl)CN=C2.COC(=O)c1cc2c(cc1Cl)CN=C2I.[H-].[Na+]. The Hall–Kier alpha value is -1.83. The Kier molecular flexibility index (Phi) is 12.4. The molecule has 0 aliphatic carbocycles. The molecule has 0 N–H and O–H groups in total. The molecule has 2 amide bonds. The van der Waals surface area contributed by atoms with Crippen LogP contribution in [-0.4, -0.2) is 59.9 Å². The van der Waals surface area contributed by atoms with Gasteiger partial charge in [0.2, 0.25) is 11.8 Å². The molecule has 0 saturated carbocycles. The van der Waals surface area contributed by atoms with Crippen LogP contribution in [-0.2, 0) is 32.2 Å². The van der Waals surface area contributed by atoms with Crippen molar-refractivity contribution in [1.29, 1.82) is 0 Å². The predicted molar refractivity (Wildman–Crippen MR) is 149 cm³/mol. The first-order valence-electron chi connectivity index (χ1n) is 10.9. The summed E-state index contributed by atoms with van der Waals surface area (Å²) in [6.45, 7) is 1.27. The molecule has 2 aromatic carbocycles. The summed E-state index contributed by atoms with van der Waals surface area (Å²) in [7, 11) is 4.18. The van der Waals surface area contributed by atoms with Crippen molar-refractivity contribution in [3.63, 3.8) is 0 Å². The first kappa shape index (κ1) is 32.4. The maximum absolute atomic E-state index is 11.4. The zero-order chi connectivity index (χ0) is 27.3. The molecule has 3 aliphatic heterocycles. The molecular weight excluding hydrogens is 659 g/mol. The number of hydrogen-bond acceptors (Lipinski definition) is 8. The molecule has 1 fully saturated rings. The topological polar surface area (TPSA) is 115 Å². The van der Waals surface area contributed by atoms with Gasteiger partial charge in [0, 0.05) is 31.7 Å². The van der Waals surface area contributed by atoms with Crippen LogP contribution < -0.4 is 29.6 Å². The molecule has 0 atom stereocenters. The largest absolute Gasteiger partial charge is 1.00 e. The summed E-state index contributed by atoms with van der Waals surface area (Å²) in [5, 5.41) is 0.836. The van der Waals surface area contributed by atoms with Gasteiger partial charge in [0.05, 0.1) is 48.5 Å².